The number of likely N-dealkylation sites (N-methyl/N-ethyl adjacent to an activating group) is 1. The molecule has 0 bridgehead atoms. The average Bonchev–Trinajstić information content (AvgIpc) is 2.78. The van der Waals surface area contributed by atoms with Gasteiger partial charge < -0.3 is 10.5 Å². The number of rotatable bonds is 3. The molecule has 0 saturated heterocycles. The van der Waals surface area contributed by atoms with E-state index in [1.54, 1.807) is 7.05 Å². The SMILES string of the molecule is CN1C(=O)C2(N=C1N)c1cc(CCCC#N)ccc1OCC2(C)C. The number of benzene rings is 1. The maximum atomic E-state index is 13.1. The van der Waals surface area contributed by atoms with E-state index >= 15 is 0 Å². The minimum Gasteiger partial charge on any atom is -0.493 e. The number of unbranched alkanes of at least 4 members (excludes halogenated alkanes) is 1. The Morgan fingerprint density at radius 1 is 1.46 bits per heavy atom. The highest BCUT2D eigenvalue weighted by Crippen LogP contribution is 2.53. The van der Waals surface area contributed by atoms with Gasteiger partial charge in [0.2, 0.25) is 0 Å². The number of hydrogen-bond acceptors (Lipinski definition) is 5. The first-order valence-corrected chi connectivity index (χ1v) is 8.10. The van der Waals surface area contributed by atoms with Crippen molar-refractivity contribution in [1.29, 1.82) is 5.26 Å². The maximum Gasteiger partial charge on any atom is 0.262 e. The Morgan fingerprint density at radius 2 is 2.21 bits per heavy atom. The van der Waals surface area contributed by atoms with Gasteiger partial charge in [-0.2, -0.15) is 5.26 Å². The summed E-state index contributed by atoms with van der Waals surface area (Å²) in [6.07, 6.45) is 2.07. The molecule has 6 nitrogen and oxygen atoms in total. The fourth-order valence-electron chi connectivity index (χ4n) is 3.50. The van der Waals surface area contributed by atoms with Gasteiger partial charge in [-0.25, -0.2) is 4.99 Å². The summed E-state index contributed by atoms with van der Waals surface area (Å²) in [4.78, 5) is 19.1. The van der Waals surface area contributed by atoms with E-state index in [9.17, 15) is 4.79 Å². The summed E-state index contributed by atoms with van der Waals surface area (Å²) in [5, 5.41) is 8.71. The van der Waals surface area contributed by atoms with Crippen molar-refractivity contribution in [3.8, 4) is 11.8 Å². The molecule has 2 heterocycles. The van der Waals surface area contributed by atoms with Gasteiger partial charge in [0, 0.05) is 24.4 Å². The fraction of sp³-hybridized carbons (Fsp3) is 0.500. The van der Waals surface area contributed by atoms with E-state index in [0.29, 0.717) is 18.8 Å². The number of carbonyl (C=O) groups is 1. The lowest BCUT2D eigenvalue weighted by Gasteiger charge is -2.44. The van der Waals surface area contributed by atoms with E-state index in [2.05, 4.69) is 11.1 Å². The molecular weight excluding hydrogens is 304 g/mol. The highest BCUT2D eigenvalue weighted by Gasteiger charge is 2.61. The van der Waals surface area contributed by atoms with Crippen LogP contribution < -0.4 is 10.5 Å². The predicted octanol–water partition coefficient (Wildman–Crippen LogP) is 1.93. The number of carbonyl (C=O) groups excluding carboxylic acids is 1. The van der Waals surface area contributed by atoms with Crippen molar-refractivity contribution >= 4 is 11.9 Å². The third-order valence-electron chi connectivity index (χ3n) is 5.00. The van der Waals surface area contributed by atoms with Crippen LogP contribution in [-0.2, 0) is 16.8 Å². The molecule has 2 N–H and O–H groups in total. The zero-order chi connectivity index (χ0) is 17.5. The second kappa shape index (κ2) is 5.52. The predicted molar refractivity (Wildman–Crippen MR) is 90.3 cm³/mol. The van der Waals surface area contributed by atoms with Gasteiger partial charge >= 0.3 is 0 Å². The maximum absolute atomic E-state index is 13.1. The van der Waals surface area contributed by atoms with Crippen LogP contribution in [0.1, 0.15) is 37.8 Å². The molecule has 2 aliphatic heterocycles. The molecule has 2 aliphatic rings. The largest absolute Gasteiger partial charge is 0.493 e. The summed E-state index contributed by atoms with van der Waals surface area (Å²) < 4.78 is 5.89. The van der Waals surface area contributed by atoms with E-state index in [-0.39, 0.29) is 11.9 Å². The first-order valence-electron chi connectivity index (χ1n) is 8.10. The summed E-state index contributed by atoms with van der Waals surface area (Å²) in [6, 6.07) is 8.02. The van der Waals surface area contributed by atoms with Gasteiger partial charge in [0.25, 0.3) is 5.91 Å². The van der Waals surface area contributed by atoms with Crippen LogP contribution in [0.3, 0.4) is 0 Å². The van der Waals surface area contributed by atoms with Crippen LogP contribution in [0.15, 0.2) is 23.2 Å². The number of aliphatic imine (C=N–C) groups is 1. The molecule has 0 saturated carbocycles. The Balaban J connectivity index is 2.12. The molecule has 1 atom stereocenters. The summed E-state index contributed by atoms with van der Waals surface area (Å²) in [5.74, 6) is 0.790. The summed E-state index contributed by atoms with van der Waals surface area (Å²) >= 11 is 0. The highest BCUT2D eigenvalue weighted by atomic mass is 16.5. The lowest BCUT2D eigenvalue weighted by Crippen LogP contribution is -2.53. The Kier molecular flexibility index (Phi) is 3.75. The van der Waals surface area contributed by atoms with E-state index in [1.165, 1.54) is 4.90 Å². The number of aryl methyl sites for hydroxylation is 1. The van der Waals surface area contributed by atoms with Crippen molar-refractivity contribution in [3.05, 3.63) is 29.3 Å². The molecule has 24 heavy (non-hydrogen) atoms. The quantitative estimate of drug-likeness (QED) is 0.859. The number of hydrogen-bond donors (Lipinski definition) is 1. The standard InChI is InChI=1S/C18H22N4O2/c1-17(2)11-24-14-8-7-12(6-4-5-9-19)10-13(14)18(17)15(23)22(3)16(20)21-18/h7-8,10H,4-6,11H2,1-3H3,(H2,20,21). The number of amides is 1. The van der Waals surface area contributed by atoms with Crippen LogP contribution in [0.5, 0.6) is 5.75 Å². The molecular formula is C18H22N4O2. The molecule has 0 radical (unpaired) electrons. The molecule has 0 fully saturated rings. The zero-order valence-corrected chi connectivity index (χ0v) is 14.3. The van der Waals surface area contributed by atoms with Crippen LogP contribution in [0.25, 0.3) is 0 Å². The monoisotopic (exact) mass is 326 g/mol. The van der Waals surface area contributed by atoms with Crippen molar-refractivity contribution < 1.29 is 9.53 Å². The third-order valence-corrected chi connectivity index (χ3v) is 5.00. The molecule has 126 valence electrons. The molecule has 6 heteroatoms. The van der Waals surface area contributed by atoms with Gasteiger partial charge in [0.1, 0.15) is 5.75 Å². The number of fused-ring (bicyclic) bond motifs is 2. The number of ether oxygens (including phenoxy) is 1. The van der Waals surface area contributed by atoms with Gasteiger partial charge in [-0.15, -0.1) is 0 Å². The van der Waals surface area contributed by atoms with E-state index in [4.69, 9.17) is 15.7 Å². The number of guanidine groups is 1. The Bertz CT molecular complexity index is 763. The van der Waals surface area contributed by atoms with Crippen LogP contribution in [0, 0.1) is 16.7 Å². The van der Waals surface area contributed by atoms with Gasteiger partial charge in [-0.3, -0.25) is 9.69 Å². The lowest BCUT2D eigenvalue weighted by molar-refractivity contribution is -0.137. The van der Waals surface area contributed by atoms with Gasteiger partial charge in [-0.05, 0) is 30.5 Å². The van der Waals surface area contributed by atoms with Crippen LogP contribution in [-0.4, -0.2) is 30.4 Å². The van der Waals surface area contributed by atoms with Gasteiger partial charge in [0.05, 0.1) is 12.7 Å². The zero-order valence-electron chi connectivity index (χ0n) is 14.3. The highest BCUT2D eigenvalue weighted by molar-refractivity contribution is 6.07. The molecule has 1 amide bonds. The number of nitriles is 1. The third kappa shape index (κ3) is 2.15. The fourth-order valence-corrected chi connectivity index (χ4v) is 3.50. The van der Waals surface area contributed by atoms with E-state index in [0.717, 1.165) is 24.0 Å². The van der Waals surface area contributed by atoms with Crippen molar-refractivity contribution in [2.45, 2.75) is 38.6 Å². The van der Waals surface area contributed by atoms with Crippen molar-refractivity contribution in [2.75, 3.05) is 13.7 Å². The average molecular weight is 326 g/mol. The minimum atomic E-state index is -1.05. The van der Waals surface area contributed by atoms with Crippen LogP contribution in [0.4, 0.5) is 0 Å². The van der Waals surface area contributed by atoms with Crippen molar-refractivity contribution in [3.63, 3.8) is 0 Å². The normalized spacial score (nSPS) is 24.3. The first-order chi connectivity index (χ1) is 11.3. The molecule has 1 spiro atoms. The number of nitrogens with zero attached hydrogens (tertiary/aromatic N) is 3. The molecule has 1 aromatic carbocycles. The second-order valence-electron chi connectivity index (χ2n) is 7.06. The van der Waals surface area contributed by atoms with Gasteiger partial charge in [-0.1, -0.05) is 19.9 Å². The van der Waals surface area contributed by atoms with E-state index in [1.807, 2.05) is 32.0 Å². The van der Waals surface area contributed by atoms with Crippen LogP contribution >= 0.6 is 0 Å². The van der Waals surface area contributed by atoms with Crippen molar-refractivity contribution in [2.24, 2.45) is 16.1 Å². The Hall–Kier alpha value is -2.55. The van der Waals surface area contributed by atoms with Gasteiger partial charge in [0.15, 0.2) is 11.5 Å². The number of nitrogens with two attached hydrogens (primary N) is 1. The lowest BCUT2D eigenvalue weighted by atomic mass is 9.66. The Labute approximate surface area is 141 Å². The summed E-state index contributed by atoms with van der Waals surface area (Å²) in [5.41, 5.74) is 6.24. The minimum absolute atomic E-state index is 0.122. The Morgan fingerprint density at radius 3 is 2.83 bits per heavy atom. The van der Waals surface area contributed by atoms with Crippen molar-refractivity contribution in [1.82, 2.24) is 4.90 Å². The molecule has 0 aromatic heterocycles. The molecule has 1 unspecified atom stereocenters. The van der Waals surface area contributed by atoms with E-state index < -0.39 is 11.0 Å². The molecule has 1 aromatic rings. The molecule has 3 rings (SSSR count). The molecule has 0 aliphatic carbocycles. The summed E-state index contributed by atoms with van der Waals surface area (Å²) in [6.45, 7) is 4.35. The van der Waals surface area contributed by atoms with Crippen LogP contribution in [0.2, 0.25) is 0 Å². The topological polar surface area (TPSA) is 91.7 Å². The second-order valence-corrected chi connectivity index (χ2v) is 7.06. The first kappa shape index (κ1) is 16.3. The smallest absolute Gasteiger partial charge is 0.262 e. The summed E-state index contributed by atoms with van der Waals surface area (Å²) in [7, 11) is 1.65.